The SMILES string of the molecule is C#CC(=C=C)OCc1cc(OC)cc(OC)c1. The van der Waals surface area contributed by atoms with Gasteiger partial charge in [0.15, 0.2) is 0 Å². The minimum Gasteiger partial charge on any atom is -0.497 e. The highest BCUT2D eigenvalue weighted by molar-refractivity contribution is 5.38. The van der Waals surface area contributed by atoms with Crippen molar-refractivity contribution in [2.75, 3.05) is 14.2 Å². The Hall–Kier alpha value is -2.30. The fraction of sp³-hybridized carbons (Fsp3) is 0.214. The summed E-state index contributed by atoms with van der Waals surface area (Å²) in [6.07, 6.45) is 5.20. The summed E-state index contributed by atoms with van der Waals surface area (Å²) in [7, 11) is 3.19. The van der Waals surface area contributed by atoms with E-state index in [1.165, 1.54) is 0 Å². The molecule has 3 heteroatoms. The van der Waals surface area contributed by atoms with Crippen LogP contribution in [0.4, 0.5) is 0 Å². The van der Waals surface area contributed by atoms with Gasteiger partial charge in [-0.25, -0.2) is 0 Å². The molecule has 0 aliphatic carbocycles. The van der Waals surface area contributed by atoms with E-state index < -0.39 is 0 Å². The molecular formula is C14H14O3. The molecule has 0 aromatic heterocycles. The summed E-state index contributed by atoms with van der Waals surface area (Å²) < 4.78 is 15.6. The van der Waals surface area contributed by atoms with Gasteiger partial charge in [0.2, 0.25) is 5.76 Å². The van der Waals surface area contributed by atoms with Crippen LogP contribution in [0.1, 0.15) is 5.56 Å². The van der Waals surface area contributed by atoms with Gasteiger partial charge in [-0.3, -0.25) is 0 Å². The first-order valence-corrected chi connectivity index (χ1v) is 4.95. The van der Waals surface area contributed by atoms with Gasteiger partial charge in [0, 0.05) is 6.07 Å². The maximum atomic E-state index is 5.32. The molecule has 0 radical (unpaired) electrons. The van der Waals surface area contributed by atoms with Crippen molar-refractivity contribution in [3.8, 4) is 23.8 Å². The quantitative estimate of drug-likeness (QED) is 0.442. The van der Waals surface area contributed by atoms with Crippen LogP contribution >= 0.6 is 0 Å². The van der Waals surface area contributed by atoms with Crippen molar-refractivity contribution >= 4 is 0 Å². The first-order chi connectivity index (χ1) is 8.23. The summed E-state index contributed by atoms with van der Waals surface area (Å²) in [5, 5.41) is 0. The highest BCUT2D eigenvalue weighted by atomic mass is 16.5. The minimum absolute atomic E-state index is 0.284. The number of hydrogen-bond acceptors (Lipinski definition) is 3. The van der Waals surface area contributed by atoms with Gasteiger partial charge >= 0.3 is 0 Å². The summed E-state index contributed by atoms with van der Waals surface area (Å²) >= 11 is 0. The van der Waals surface area contributed by atoms with Crippen molar-refractivity contribution < 1.29 is 14.2 Å². The van der Waals surface area contributed by atoms with Gasteiger partial charge in [-0.2, -0.15) is 0 Å². The second kappa shape index (κ2) is 6.32. The monoisotopic (exact) mass is 230 g/mol. The Morgan fingerprint density at radius 2 is 1.82 bits per heavy atom. The van der Waals surface area contributed by atoms with Gasteiger partial charge in [0.25, 0.3) is 0 Å². The molecular weight excluding hydrogens is 216 g/mol. The van der Waals surface area contributed by atoms with Crippen LogP contribution in [0, 0.1) is 12.3 Å². The van der Waals surface area contributed by atoms with E-state index >= 15 is 0 Å². The highest BCUT2D eigenvalue weighted by Gasteiger charge is 2.03. The van der Waals surface area contributed by atoms with Gasteiger partial charge in [0.1, 0.15) is 18.1 Å². The van der Waals surface area contributed by atoms with E-state index in [0.717, 1.165) is 5.56 Å². The molecule has 0 aliphatic rings. The molecule has 1 aromatic rings. The standard InChI is InChI=1S/C14H14O3/c1-5-12(6-2)17-10-11-7-13(15-3)9-14(8-11)16-4/h1,7-9H,2,10H2,3-4H3. The zero-order chi connectivity index (χ0) is 12.7. The maximum Gasteiger partial charge on any atom is 0.214 e. The molecule has 0 saturated heterocycles. The van der Waals surface area contributed by atoms with Crippen molar-refractivity contribution in [2.24, 2.45) is 0 Å². The first-order valence-electron chi connectivity index (χ1n) is 4.95. The molecule has 0 aliphatic heterocycles. The van der Waals surface area contributed by atoms with Crippen LogP contribution in [0.5, 0.6) is 11.5 Å². The summed E-state index contributed by atoms with van der Waals surface area (Å²) in [5.41, 5.74) is 3.42. The smallest absolute Gasteiger partial charge is 0.214 e. The second-order valence-electron chi connectivity index (χ2n) is 3.16. The van der Waals surface area contributed by atoms with E-state index in [2.05, 4.69) is 18.2 Å². The maximum absolute atomic E-state index is 5.32. The molecule has 0 spiro atoms. The fourth-order valence-electron chi connectivity index (χ4n) is 1.25. The topological polar surface area (TPSA) is 27.7 Å². The molecule has 0 saturated carbocycles. The lowest BCUT2D eigenvalue weighted by molar-refractivity contribution is 0.214. The van der Waals surface area contributed by atoms with Crippen LogP contribution in [-0.2, 0) is 11.3 Å². The molecule has 1 rings (SSSR count). The normalized spacial score (nSPS) is 8.76. The predicted octanol–water partition coefficient (Wildman–Crippen LogP) is 2.52. The summed E-state index contributed by atoms with van der Waals surface area (Å²) in [5.74, 6) is 4.02. The Labute approximate surface area is 101 Å². The lowest BCUT2D eigenvalue weighted by Gasteiger charge is -2.09. The average molecular weight is 230 g/mol. The molecule has 0 amide bonds. The van der Waals surface area contributed by atoms with Crippen LogP contribution in [0.15, 0.2) is 36.3 Å². The highest BCUT2D eigenvalue weighted by Crippen LogP contribution is 2.23. The largest absolute Gasteiger partial charge is 0.497 e. The number of methoxy groups -OCH3 is 2. The molecule has 0 atom stereocenters. The molecule has 0 unspecified atom stereocenters. The fourth-order valence-corrected chi connectivity index (χ4v) is 1.25. The van der Waals surface area contributed by atoms with Crippen molar-refractivity contribution in [3.05, 3.63) is 41.8 Å². The number of terminal acetylenes is 1. The second-order valence-corrected chi connectivity index (χ2v) is 3.16. The zero-order valence-electron chi connectivity index (χ0n) is 9.95. The van der Waals surface area contributed by atoms with Crippen LogP contribution in [0.2, 0.25) is 0 Å². The van der Waals surface area contributed by atoms with E-state index in [9.17, 15) is 0 Å². The Morgan fingerprint density at radius 1 is 1.24 bits per heavy atom. The molecule has 1 aromatic carbocycles. The number of hydrogen-bond donors (Lipinski definition) is 0. The molecule has 0 bridgehead atoms. The predicted molar refractivity (Wildman–Crippen MR) is 65.8 cm³/mol. The number of benzene rings is 1. The van der Waals surface area contributed by atoms with Gasteiger partial charge in [-0.1, -0.05) is 12.3 Å². The van der Waals surface area contributed by atoms with E-state index in [0.29, 0.717) is 18.1 Å². The van der Waals surface area contributed by atoms with Gasteiger partial charge in [-0.15, -0.1) is 6.42 Å². The summed E-state index contributed by atoms with van der Waals surface area (Å²) in [6, 6.07) is 5.48. The van der Waals surface area contributed by atoms with Crippen LogP contribution in [0.25, 0.3) is 0 Å². The third kappa shape index (κ3) is 3.64. The van der Waals surface area contributed by atoms with E-state index in [-0.39, 0.29) is 5.76 Å². The zero-order valence-corrected chi connectivity index (χ0v) is 9.95. The van der Waals surface area contributed by atoms with Crippen LogP contribution < -0.4 is 9.47 Å². The lowest BCUT2D eigenvalue weighted by Crippen LogP contribution is -1.94. The van der Waals surface area contributed by atoms with Crippen molar-refractivity contribution in [2.45, 2.75) is 6.61 Å². The molecule has 0 N–H and O–H groups in total. The van der Waals surface area contributed by atoms with Crippen LogP contribution in [0.3, 0.4) is 0 Å². The molecule has 17 heavy (non-hydrogen) atoms. The Kier molecular flexibility index (Phi) is 4.75. The average Bonchev–Trinajstić information content (AvgIpc) is 2.39. The summed E-state index contributed by atoms with van der Waals surface area (Å²) in [6.45, 7) is 3.75. The van der Waals surface area contributed by atoms with Gasteiger partial charge in [0.05, 0.1) is 14.2 Å². The van der Waals surface area contributed by atoms with Crippen LogP contribution in [-0.4, -0.2) is 14.2 Å². The minimum atomic E-state index is 0.284. The van der Waals surface area contributed by atoms with E-state index in [4.69, 9.17) is 20.6 Å². The third-order valence-electron chi connectivity index (χ3n) is 2.09. The first kappa shape index (κ1) is 12.8. The van der Waals surface area contributed by atoms with Gasteiger partial charge < -0.3 is 14.2 Å². The molecule has 0 fully saturated rings. The Bertz CT molecular complexity index is 454. The third-order valence-corrected chi connectivity index (χ3v) is 2.09. The molecule has 3 nitrogen and oxygen atoms in total. The van der Waals surface area contributed by atoms with Crippen molar-refractivity contribution in [1.82, 2.24) is 0 Å². The molecule has 88 valence electrons. The number of allylic oxidation sites excluding steroid dienone is 1. The van der Waals surface area contributed by atoms with Crippen molar-refractivity contribution in [1.29, 1.82) is 0 Å². The Morgan fingerprint density at radius 3 is 2.24 bits per heavy atom. The number of ether oxygens (including phenoxy) is 3. The van der Waals surface area contributed by atoms with E-state index in [1.54, 1.807) is 20.3 Å². The summed E-state index contributed by atoms with van der Waals surface area (Å²) in [4.78, 5) is 0. The van der Waals surface area contributed by atoms with Gasteiger partial charge in [-0.05, 0) is 23.6 Å². The van der Waals surface area contributed by atoms with Crippen molar-refractivity contribution in [3.63, 3.8) is 0 Å². The lowest BCUT2D eigenvalue weighted by atomic mass is 10.2. The number of rotatable bonds is 5. The van der Waals surface area contributed by atoms with E-state index in [1.807, 2.05) is 12.1 Å². The Balaban J connectivity index is 2.84. The molecule has 0 heterocycles.